The molecule has 61 heavy (non-hydrogen) atoms. The summed E-state index contributed by atoms with van der Waals surface area (Å²) < 4.78 is 82.2. The second-order valence-electron chi connectivity index (χ2n) is 15.8. The Morgan fingerprint density at radius 2 is 1.54 bits per heavy atom. The molecular formula is C42H40ClN2O12S4-3. The summed E-state index contributed by atoms with van der Waals surface area (Å²) in [6, 6.07) is 17.4. The monoisotopic (exact) mass is 927 g/mol. The molecule has 14 nitrogen and oxygen atoms in total. The van der Waals surface area contributed by atoms with Gasteiger partial charge >= 0.3 is 0 Å². The van der Waals surface area contributed by atoms with Crippen LogP contribution in [0.2, 0.25) is 0 Å². The maximum absolute atomic E-state index is 11.9. The van der Waals surface area contributed by atoms with E-state index in [1.54, 1.807) is 18.2 Å². The molecule has 4 aromatic rings. The van der Waals surface area contributed by atoms with Crippen molar-refractivity contribution in [3.8, 4) is 0 Å². The molecule has 0 unspecified atom stereocenters. The molecule has 0 amide bonds. The van der Waals surface area contributed by atoms with Crippen LogP contribution in [-0.4, -0.2) is 60.8 Å². The summed E-state index contributed by atoms with van der Waals surface area (Å²) in [6.07, 6.45) is 10.1. The first-order chi connectivity index (χ1) is 28.9. The molecule has 0 atom stereocenters. The number of halogens is 1. The molecule has 4 aromatic carbocycles. The molecule has 1 aliphatic carbocycles. The van der Waals surface area contributed by atoms with E-state index in [1.165, 1.54) is 12.1 Å². The highest BCUT2D eigenvalue weighted by Crippen LogP contribution is 2.51. The molecule has 0 bridgehead atoms. The predicted molar refractivity (Wildman–Crippen MR) is 228 cm³/mol. The SMILES string of the molecule is CC1(C)C(/C=C/C2=C(Cl)C(=C/C=C3/N(CCSOO[O-])c4ccc5cc(S(=O)(=O)[O-])ccc5c4C3(C)C)/CCC2)=[N+](CCS(=O)(=O)[O-])c2ccc3cc(SOO[O-])ccc3c21. The number of hydrogen-bond donors (Lipinski definition) is 0. The average Bonchev–Trinajstić information content (AvgIpc) is 3.56. The van der Waals surface area contributed by atoms with Crippen molar-refractivity contribution in [2.24, 2.45) is 0 Å². The Balaban J connectivity index is 1.26. The lowest BCUT2D eigenvalue weighted by atomic mass is 9.78. The average molecular weight is 929 g/mol. The first kappa shape index (κ1) is 45.4. The van der Waals surface area contributed by atoms with Gasteiger partial charge in [-0.1, -0.05) is 55.8 Å². The largest absolute Gasteiger partial charge is 0.748 e. The zero-order valence-corrected chi connectivity index (χ0v) is 37.4. The smallest absolute Gasteiger partial charge is 0.210 e. The van der Waals surface area contributed by atoms with Crippen molar-refractivity contribution in [3.05, 3.63) is 118 Å². The van der Waals surface area contributed by atoms with E-state index in [4.69, 9.17) is 11.6 Å². The number of anilines is 1. The molecule has 0 fully saturated rings. The van der Waals surface area contributed by atoms with Crippen molar-refractivity contribution in [1.82, 2.24) is 0 Å². The molecule has 0 radical (unpaired) electrons. The van der Waals surface area contributed by atoms with Crippen LogP contribution in [0, 0.1) is 0 Å². The van der Waals surface area contributed by atoms with E-state index in [0.29, 0.717) is 40.5 Å². The highest BCUT2D eigenvalue weighted by atomic mass is 35.5. The van der Waals surface area contributed by atoms with Gasteiger partial charge in [0.1, 0.15) is 20.2 Å². The lowest BCUT2D eigenvalue weighted by molar-refractivity contribution is -0.777. The molecule has 324 valence electrons. The fraction of sp³-hybridized carbons (Fsp3) is 0.310. The third kappa shape index (κ3) is 9.24. The maximum Gasteiger partial charge on any atom is 0.210 e. The van der Waals surface area contributed by atoms with E-state index in [0.717, 1.165) is 91.7 Å². The second-order valence-corrected chi connectivity index (χ2v) is 20.6. The molecule has 7 rings (SSSR count). The zero-order chi connectivity index (χ0) is 43.9. The number of fused-ring (bicyclic) bond motifs is 6. The highest BCUT2D eigenvalue weighted by molar-refractivity contribution is 7.94. The Morgan fingerprint density at radius 3 is 2.26 bits per heavy atom. The summed E-state index contributed by atoms with van der Waals surface area (Å²) in [4.78, 5) is 2.44. The Labute approximate surface area is 367 Å². The van der Waals surface area contributed by atoms with Crippen LogP contribution in [0.3, 0.4) is 0 Å². The van der Waals surface area contributed by atoms with E-state index < -0.39 is 36.8 Å². The Hall–Kier alpha value is -3.60. The van der Waals surface area contributed by atoms with E-state index in [9.17, 15) is 36.5 Å². The van der Waals surface area contributed by atoms with Crippen LogP contribution in [0.15, 0.2) is 117 Å². The van der Waals surface area contributed by atoms with Gasteiger partial charge in [0.2, 0.25) is 5.69 Å². The zero-order valence-electron chi connectivity index (χ0n) is 33.3. The van der Waals surface area contributed by atoms with Crippen molar-refractivity contribution in [2.45, 2.75) is 67.6 Å². The van der Waals surface area contributed by atoms with Gasteiger partial charge in [-0.15, -0.1) is 0 Å². The normalized spacial score (nSPS) is 19.1. The van der Waals surface area contributed by atoms with Crippen molar-refractivity contribution in [3.63, 3.8) is 0 Å². The van der Waals surface area contributed by atoms with Gasteiger partial charge < -0.3 is 24.5 Å². The van der Waals surface area contributed by atoms with Crippen LogP contribution in [0.25, 0.3) is 21.5 Å². The fourth-order valence-corrected chi connectivity index (χ4v) is 10.8. The number of benzene rings is 4. The third-order valence-corrected chi connectivity index (χ3v) is 14.5. The second kappa shape index (κ2) is 17.9. The van der Waals surface area contributed by atoms with Crippen molar-refractivity contribution >= 4 is 94.6 Å². The van der Waals surface area contributed by atoms with Crippen molar-refractivity contribution < 1.29 is 59.8 Å². The van der Waals surface area contributed by atoms with Crippen LogP contribution >= 0.6 is 35.7 Å². The molecule has 0 spiro atoms. The van der Waals surface area contributed by atoms with E-state index in [-0.39, 0.29) is 11.4 Å². The minimum Gasteiger partial charge on any atom is -0.748 e. The first-order valence-electron chi connectivity index (χ1n) is 19.0. The van der Waals surface area contributed by atoms with Crippen LogP contribution in [-0.2, 0) is 49.8 Å². The fourth-order valence-electron chi connectivity index (χ4n) is 8.84. The number of nitrogens with zero attached hydrogens (tertiary/aromatic N) is 2. The van der Waals surface area contributed by atoms with Crippen LogP contribution in [0.1, 0.15) is 58.1 Å². The van der Waals surface area contributed by atoms with E-state index in [1.807, 2.05) is 73.1 Å². The quantitative estimate of drug-likeness (QED) is 0.0302. The Morgan fingerprint density at radius 1 is 0.836 bits per heavy atom. The molecule has 2 heterocycles. The number of hydrogen-bond acceptors (Lipinski definition) is 15. The van der Waals surface area contributed by atoms with Gasteiger partial charge in [0.05, 0.1) is 28.1 Å². The standard InChI is InChI=1S/C42H43ClN2O12S4/c1-41(2)36(44(20-22-58-56-54-46)34-17-9-29-25-31(61(51,52)53)13-15-33(29)39(34)41)18-10-26-6-5-7-27(40(26)43)11-19-37-42(3,4)38-32-14-12-30(59-57-55-47)24-28(32)8-16-35(38)45(37)21-23-60(48,49)50/h8-19,24-25H,5-7,20-23H2,1-4H3,(H3-,46,47,48,49,50,51,52,53)/p-3. The lowest BCUT2D eigenvalue weighted by Crippen LogP contribution is -2.29. The van der Waals surface area contributed by atoms with E-state index in [2.05, 4.69) is 37.5 Å². The van der Waals surface area contributed by atoms with Crippen LogP contribution in [0.5, 0.6) is 0 Å². The van der Waals surface area contributed by atoms with Gasteiger partial charge in [0, 0.05) is 68.8 Å². The molecule has 0 aromatic heterocycles. The van der Waals surface area contributed by atoms with Crippen molar-refractivity contribution in [2.75, 3.05) is 29.5 Å². The first-order valence-corrected chi connectivity index (χ1v) is 24.0. The van der Waals surface area contributed by atoms with Gasteiger partial charge in [0.15, 0.2) is 12.3 Å². The number of rotatable bonds is 15. The molecular weight excluding hydrogens is 888 g/mol. The predicted octanol–water partition coefficient (Wildman–Crippen LogP) is 6.76. The summed E-state index contributed by atoms with van der Waals surface area (Å²) in [5, 5.41) is 31.7. The van der Waals surface area contributed by atoms with E-state index >= 15 is 0 Å². The van der Waals surface area contributed by atoms with Crippen molar-refractivity contribution in [1.29, 1.82) is 0 Å². The summed E-state index contributed by atoms with van der Waals surface area (Å²) in [5.41, 5.74) is 5.76. The Bertz CT molecular complexity index is 2800. The topological polar surface area (TPSA) is 204 Å². The van der Waals surface area contributed by atoms with Gasteiger partial charge in [-0.25, -0.2) is 16.8 Å². The van der Waals surface area contributed by atoms with Gasteiger partial charge in [-0.3, -0.25) is 10.1 Å². The van der Waals surface area contributed by atoms with Crippen LogP contribution in [0.4, 0.5) is 11.4 Å². The Kier molecular flexibility index (Phi) is 13.3. The van der Waals surface area contributed by atoms with Gasteiger partial charge in [-0.2, -0.15) is 13.2 Å². The van der Waals surface area contributed by atoms with Gasteiger partial charge in [0.25, 0.3) is 0 Å². The summed E-state index contributed by atoms with van der Waals surface area (Å²) >= 11 is 8.85. The molecule has 0 N–H and O–H groups in total. The summed E-state index contributed by atoms with van der Waals surface area (Å²) in [6.45, 7) is 8.58. The molecule has 0 saturated heterocycles. The molecule has 19 heteroatoms. The molecule has 2 aliphatic heterocycles. The summed E-state index contributed by atoms with van der Waals surface area (Å²) in [7, 11) is -9.21. The highest BCUT2D eigenvalue weighted by Gasteiger charge is 2.46. The maximum atomic E-state index is 11.9. The van der Waals surface area contributed by atoms with Crippen LogP contribution < -0.4 is 15.4 Å². The minimum atomic E-state index is -4.66. The lowest BCUT2D eigenvalue weighted by Gasteiger charge is -2.27. The summed E-state index contributed by atoms with van der Waals surface area (Å²) in [5.74, 6) is -0.231. The number of allylic oxidation sites excluding steroid dienone is 8. The van der Waals surface area contributed by atoms with Gasteiger partial charge in [-0.05, 0) is 114 Å². The molecule has 0 saturated carbocycles. The minimum absolute atomic E-state index is 0.0566. The molecule has 3 aliphatic rings. The third-order valence-electron chi connectivity index (χ3n) is 11.5.